The van der Waals surface area contributed by atoms with E-state index in [1.807, 2.05) is 18.2 Å². The monoisotopic (exact) mass is 262 g/mol. The number of carbonyl (C=O) groups is 1. The Morgan fingerprint density at radius 3 is 2.84 bits per heavy atom. The zero-order valence-corrected chi connectivity index (χ0v) is 11.2. The van der Waals surface area contributed by atoms with Crippen molar-refractivity contribution in [3.8, 4) is 0 Å². The van der Waals surface area contributed by atoms with E-state index in [4.69, 9.17) is 10.5 Å². The van der Waals surface area contributed by atoms with Crippen LogP contribution >= 0.6 is 0 Å². The summed E-state index contributed by atoms with van der Waals surface area (Å²) < 4.78 is 5.47. The van der Waals surface area contributed by atoms with E-state index in [1.54, 1.807) is 0 Å². The molecule has 104 valence electrons. The average molecular weight is 262 g/mol. The first-order valence-electron chi connectivity index (χ1n) is 6.93. The Hall–Kier alpha value is -1.39. The number of rotatable bonds is 6. The third kappa shape index (κ3) is 4.65. The molecule has 3 N–H and O–H groups in total. The minimum absolute atomic E-state index is 0.00342. The minimum Gasteiger partial charge on any atom is -0.378 e. The minimum atomic E-state index is -0.00342. The van der Waals surface area contributed by atoms with E-state index in [1.165, 1.54) is 5.56 Å². The van der Waals surface area contributed by atoms with Gasteiger partial charge in [-0.05, 0) is 24.8 Å². The van der Waals surface area contributed by atoms with Gasteiger partial charge in [0.2, 0.25) is 5.91 Å². The zero-order valence-electron chi connectivity index (χ0n) is 11.2. The van der Waals surface area contributed by atoms with Crippen molar-refractivity contribution in [2.75, 3.05) is 13.2 Å². The van der Waals surface area contributed by atoms with Crippen LogP contribution in [0.2, 0.25) is 0 Å². The number of ether oxygens (including phenoxy) is 1. The first kappa shape index (κ1) is 14.0. The lowest BCUT2D eigenvalue weighted by Gasteiger charge is -2.18. The van der Waals surface area contributed by atoms with Gasteiger partial charge in [-0.2, -0.15) is 0 Å². The molecule has 1 aliphatic heterocycles. The molecule has 1 amide bonds. The number of benzene rings is 1. The lowest BCUT2D eigenvalue weighted by molar-refractivity contribution is -0.123. The lowest BCUT2D eigenvalue weighted by atomic mass is 10.1. The Balaban J connectivity index is 1.79. The summed E-state index contributed by atoms with van der Waals surface area (Å²) >= 11 is 0. The number of amides is 1. The third-order valence-corrected chi connectivity index (χ3v) is 3.41. The van der Waals surface area contributed by atoms with Gasteiger partial charge in [-0.1, -0.05) is 30.3 Å². The van der Waals surface area contributed by atoms with Crippen LogP contribution in [0.4, 0.5) is 0 Å². The fourth-order valence-corrected chi connectivity index (χ4v) is 2.39. The number of hydrogen-bond acceptors (Lipinski definition) is 3. The normalized spacial score (nSPS) is 20.2. The van der Waals surface area contributed by atoms with Crippen molar-refractivity contribution in [3.63, 3.8) is 0 Å². The quantitative estimate of drug-likeness (QED) is 0.810. The van der Waals surface area contributed by atoms with Crippen molar-refractivity contribution in [1.29, 1.82) is 0 Å². The second-order valence-corrected chi connectivity index (χ2v) is 5.03. The molecule has 0 bridgehead atoms. The van der Waals surface area contributed by atoms with E-state index in [0.29, 0.717) is 13.0 Å². The maximum Gasteiger partial charge on any atom is 0.222 e. The summed E-state index contributed by atoms with van der Waals surface area (Å²) in [6.45, 7) is 1.23. The van der Waals surface area contributed by atoms with E-state index in [0.717, 1.165) is 25.9 Å². The fraction of sp³-hybridized carbons (Fsp3) is 0.533. The van der Waals surface area contributed by atoms with E-state index in [9.17, 15) is 4.79 Å². The third-order valence-electron chi connectivity index (χ3n) is 3.41. The molecule has 1 fully saturated rings. The molecule has 2 rings (SSSR count). The van der Waals surface area contributed by atoms with Crippen LogP contribution in [0.25, 0.3) is 0 Å². The van der Waals surface area contributed by atoms with Gasteiger partial charge in [-0.25, -0.2) is 0 Å². The summed E-state index contributed by atoms with van der Waals surface area (Å²) in [4.78, 5) is 11.9. The van der Waals surface area contributed by atoms with E-state index >= 15 is 0 Å². The summed E-state index contributed by atoms with van der Waals surface area (Å²) in [6, 6.07) is 10.1. The molecule has 0 aliphatic carbocycles. The van der Waals surface area contributed by atoms with Crippen LogP contribution in [0.5, 0.6) is 0 Å². The highest BCUT2D eigenvalue weighted by molar-refractivity contribution is 5.76. The smallest absolute Gasteiger partial charge is 0.222 e. The van der Waals surface area contributed by atoms with Crippen LogP contribution in [0.3, 0.4) is 0 Å². The molecule has 4 heteroatoms. The molecule has 1 aromatic rings. The number of carbonyl (C=O) groups excluding carboxylic acids is 1. The molecular formula is C15H22N2O2. The molecule has 0 spiro atoms. The van der Waals surface area contributed by atoms with Gasteiger partial charge in [0.05, 0.1) is 12.5 Å². The Kier molecular flexibility index (Phi) is 5.36. The second kappa shape index (κ2) is 7.26. The molecule has 4 nitrogen and oxygen atoms in total. The van der Waals surface area contributed by atoms with Crippen molar-refractivity contribution in [3.05, 3.63) is 35.9 Å². The molecule has 0 radical (unpaired) electrons. The molecule has 2 atom stereocenters. The first-order valence-corrected chi connectivity index (χ1v) is 6.93. The highest BCUT2D eigenvalue weighted by atomic mass is 16.5. The molecule has 0 aromatic heterocycles. The molecule has 1 saturated heterocycles. The van der Waals surface area contributed by atoms with E-state index in [-0.39, 0.29) is 18.1 Å². The Morgan fingerprint density at radius 1 is 1.42 bits per heavy atom. The summed E-state index contributed by atoms with van der Waals surface area (Å²) in [5, 5.41) is 3.00. The molecular weight excluding hydrogens is 240 g/mol. The maximum atomic E-state index is 11.9. The van der Waals surface area contributed by atoms with Crippen LogP contribution < -0.4 is 11.1 Å². The Labute approximate surface area is 114 Å². The van der Waals surface area contributed by atoms with Crippen LogP contribution in [0, 0.1) is 0 Å². The summed E-state index contributed by atoms with van der Waals surface area (Å²) in [5.74, 6) is 0.0401. The molecule has 2 unspecified atom stereocenters. The predicted octanol–water partition coefficient (Wildman–Crippen LogP) is 1.24. The molecule has 0 saturated carbocycles. The van der Waals surface area contributed by atoms with Crippen molar-refractivity contribution in [2.24, 2.45) is 5.73 Å². The van der Waals surface area contributed by atoms with Crippen molar-refractivity contribution < 1.29 is 9.53 Å². The van der Waals surface area contributed by atoms with Gasteiger partial charge in [0.1, 0.15) is 0 Å². The summed E-state index contributed by atoms with van der Waals surface area (Å²) in [6.07, 6.45) is 3.36. The van der Waals surface area contributed by atoms with Gasteiger partial charge in [-0.3, -0.25) is 4.79 Å². The Bertz CT molecular complexity index is 388. The van der Waals surface area contributed by atoms with Gasteiger partial charge in [0.25, 0.3) is 0 Å². The SMILES string of the molecule is NCC(Cc1ccccc1)NC(=O)CC1CCCO1. The second-order valence-electron chi connectivity index (χ2n) is 5.03. The fourth-order valence-electron chi connectivity index (χ4n) is 2.39. The van der Waals surface area contributed by atoms with Gasteiger partial charge < -0.3 is 15.8 Å². The number of nitrogens with two attached hydrogens (primary N) is 1. The largest absolute Gasteiger partial charge is 0.378 e. The number of nitrogens with one attached hydrogen (secondary N) is 1. The number of hydrogen-bond donors (Lipinski definition) is 2. The van der Waals surface area contributed by atoms with Crippen molar-refractivity contribution in [2.45, 2.75) is 37.8 Å². The molecule has 19 heavy (non-hydrogen) atoms. The van der Waals surface area contributed by atoms with Crippen LogP contribution in [0.1, 0.15) is 24.8 Å². The van der Waals surface area contributed by atoms with Crippen LogP contribution in [-0.4, -0.2) is 31.2 Å². The zero-order chi connectivity index (χ0) is 13.5. The molecule has 1 aromatic carbocycles. The van der Waals surface area contributed by atoms with Crippen molar-refractivity contribution in [1.82, 2.24) is 5.32 Å². The van der Waals surface area contributed by atoms with Crippen LogP contribution in [-0.2, 0) is 16.0 Å². The molecule has 1 heterocycles. The predicted molar refractivity (Wildman–Crippen MR) is 74.7 cm³/mol. The van der Waals surface area contributed by atoms with Crippen LogP contribution in [0.15, 0.2) is 30.3 Å². The Morgan fingerprint density at radius 2 is 2.21 bits per heavy atom. The van der Waals surface area contributed by atoms with Gasteiger partial charge >= 0.3 is 0 Å². The molecule has 1 aliphatic rings. The highest BCUT2D eigenvalue weighted by Gasteiger charge is 2.20. The van der Waals surface area contributed by atoms with Gasteiger partial charge in [-0.15, -0.1) is 0 Å². The van der Waals surface area contributed by atoms with E-state index < -0.39 is 0 Å². The summed E-state index contributed by atoms with van der Waals surface area (Å²) in [7, 11) is 0. The van der Waals surface area contributed by atoms with Gasteiger partial charge in [0, 0.05) is 19.2 Å². The maximum absolute atomic E-state index is 11.9. The average Bonchev–Trinajstić information content (AvgIpc) is 2.92. The van der Waals surface area contributed by atoms with E-state index in [2.05, 4.69) is 17.4 Å². The lowest BCUT2D eigenvalue weighted by Crippen LogP contribution is -2.42. The highest BCUT2D eigenvalue weighted by Crippen LogP contribution is 2.15. The van der Waals surface area contributed by atoms with Gasteiger partial charge in [0.15, 0.2) is 0 Å². The topological polar surface area (TPSA) is 64.3 Å². The first-order chi connectivity index (χ1) is 9.28. The standard InChI is InChI=1S/C15H22N2O2/c16-11-13(9-12-5-2-1-3-6-12)17-15(18)10-14-7-4-8-19-14/h1-3,5-6,13-14H,4,7-11,16H2,(H,17,18). The van der Waals surface area contributed by atoms with Crippen molar-refractivity contribution >= 4 is 5.91 Å². The summed E-state index contributed by atoms with van der Waals surface area (Å²) in [5.41, 5.74) is 6.92.